The Hall–Kier alpha value is -1.74. The maximum atomic E-state index is 12.7. The molecule has 10 heteroatoms. The molecule has 1 aromatic rings. The highest BCUT2D eigenvalue weighted by Crippen LogP contribution is 2.38. The van der Waals surface area contributed by atoms with E-state index in [2.05, 4.69) is 9.47 Å². The Morgan fingerprint density at radius 2 is 1.62 bits per heavy atom. The van der Waals surface area contributed by atoms with Crippen molar-refractivity contribution in [2.45, 2.75) is 32.1 Å². The predicted octanol–water partition coefficient (Wildman–Crippen LogP) is 3.12. The van der Waals surface area contributed by atoms with Crippen LogP contribution in [0, 0.1) is 11.8 Å². The molecule has 1 heterocycles. The molecule has 1 saturated carbocycles. The third kappa shape index (κ3) is 4.50. The quantitative estimate of drug-likeness (QED) is 0.774. The van der Waals surface area contributed by atoms with Gasteiger partial charge in [0.05, 0.1) is 0 Å². The molecule has 0 aromatic heterocycles. The Morgan fingerprint density at radius 3 is 2.12 bits per heavy atom. The number of amides is 1. The summed E-state index contributed by atoms with van der Waals surface area (Å²) in [6.45, 7) is -5.31. The number of halogens is 5. The van der Waals surface area contributed by atoms with Crippen LogP contribution in [0.15, 0.2) is 18.2 Å². The third-order valence-electron chi connectivity index (χ3n) is 4.78. The molecule has 3 atom stereocenters. The van der Waals surface area contributed by atoms with Gasteiger partial charge in [0.15, 0.2) is 0 Å². The second-order valence-electron chi connectivity index (χ2n) is 6.33. The Bertz CT molecular complexity index is 622. The lowest BCUT2D eigenvalue weighted by molar-refractivity contribution is -0.0543. The van der Waals surface area contributed by atoms with E-state index in [0.717, 1.165) is 31.0 Å². The summed E-state index contributed by atoms with van der Waals surface area (Å²) in [6, 6.07) is 3.12. The van der Waals surface area contributed by atoms with Crippen molar-refractivity contribution in [3.05, 3.63) is 23.8 Å². The molecule has 3 rings (SSSR count). The zero-order valence-corrected chi connectivity index (χ0v) is 14.4. The van der Waals surface area contributed by atoms with E-state index in [0.29, 0.717) is 19.0 Å². The number of fused-ring (bicyclic) bond motifs is 1. The second kappa shape index (κ2) is 8.30. The number of hydrogen-bond acceptors (Lipinski definition) is 4. The summed E-state index contributed by atoms with van der Waals surface area (Å²) in [7, 11) is 0. The molecule has 146 valence electrons. The van der Waals surface area contributed by atoms with Gasteiger partial charge in [-0.3, -0.25) is 4.79 Å². The highest BCUT2D eigenvalue weighted by molar-refractivity contribution is 5.95. The molecule has 26 heavy (non-hydrogen) atoms. The van der Waals surface area contributed by atoms with Crippen LogP contribution in [-0.4, -0.2) is 43.2 Å². The van der Waals surface area contributed by atoms with Crippen molar-refractivity contribution in [2.75, 3.05) is 13.1 Å². The van der Waals surface area contributed by atoms with Crippen molar-refractivity contribution in [1.29, 1.82) is 0 Å². The summed E-state index contributed by atoms with van der Waals surface area (Å²) < 4.78 is 58.2. The largest absolute Gasteiger partial charge is 0.435 e. The van der Waals surface area contributed by atoms with Crippen molar-refractivity contribution < 1.29 is 31.8 Å². The van der Waals surface area contributed by atoms with Crippen LogP contribution >= 0.6 is 12.4 Å². The standard InChI is InChI=1S/C16H18F4N2O3.ClH/c17-15(18)24-10-3-9(4-11(5-10)25-16(19)20)14(23)22-6-8-1-2-13(21)12(8)7-22;/h3-5,8,12-13,15-16H,1-2,6-7,21H2;1H. The first-order chi connectivity index (χ1) is 11.8. The third-order valence-corrected chi connectivity index (χ3v) is 4.78. The molecule has 3 unspecified atom stereocenters. The van der Waals surface area contributed by atoms with Gasteiger partial charge in [0, 0.05) is 30.8 Å². The topological polar surface area (TPSA) is 64.8 Å². The van der Waals surface area contributed by atoms with Crippen molar-refractivity contribution >= 4 is 18.3 Å². The number of rotatable bonds is 5. The van der Waals surface area contributed by atoms with Crippen LogP contribution in [0.3, 0.4) is 0 Å². The first kappa shape index (κ1) is 20.6. The summed E-state index contributed by atoms with van der Waals surface area (Å²) >= 11 is 0. The van der Waals surface area contributed by atoms with Crippen LogP contribution in [-0.2, 0) is 0 Å². The molecule has 1 amide bonds. The van der Waals surface area contributed by atoms with E-state index in [1.165, 1.54) is 0 Å². The van der Waals surface area contributed by atoms with Gasteiger partial charge in [-0.05, 0) is 36.8 Å². The van der Waals surface area contributed by atoms with Crippen LogP contribution < -0.4 is 15.2 Å². The maximum absolute atomic E-state index is 12.7. The van der Waals surface area contributed by atoms with E-state index >= 15 is 0 Å². The average Bonchev–Trinajstić information content (AvgIpc) is 3.07. The van der Waals surface area contributed by atoms with Crippen molar-refractivity contribution in [3.63, 3.8) is 0 Å². The van der Waals surface area contributed by atoms with E-state index in [-0.39, 0.29) is 29.9 Å². The van der Waals surface area contributed by atoms with Crippen LogP contribution in [0.25, 0.3) is 0 Å². The van der Waals surface area contributed by atoms with Gasteiger partial charge in [-0.2, -0.15) is 17.6 Å². The fourth-order valence-corrected chi connectivity index (χ4v) is 3.69. The Balaban J connectivity index is 0.00000243. The number of ether oxygens (including phenoxy) is 2. The molecule has 2 N–H and O–H groups in total. The van der Waals surface area contributed by atoms with Crippen molar-refractivity contribution in [3.8, 4) is 11.5 Å². The van der Waals surface area contributed by atoms with E-state index in [9.17, 15) is 22.4 Å². The molecular formula is C16H19ClF4N2O3. The maximum Gasteiger partial charge on any atom is 0.387 e. The first-order valence-corrected chi connectivity index (χ1v) is 7.93. The molecule has 1 aromatic carbocycles. The second-order valence-corrected chi connectivity index (χ2v) is 6.33. The van der Waals surface area contributed by atoms with Crippen molar-refractivity contribution in [2.24, 2.45) is 17.6 Å². The lowest BCUT2D eigenvalue weighted by atomic mass is 9.98. The smallest absolute Gasteiger partial charge is 0.387 e. The number of hydrogen-bond donors (Lipinski definition) is 1. The summed E-state index contributed by atoms with van der Waals surface area (Å²) in [6.07, 6.45) is 1.85. The Morgan fingerprint density at radius 1 is 1.04 bits per heavy atom. The van der Waals surface area contributed by atoms with Crippen LogP contribution in [0.2, 0.25) is 0 Å². The van der Waals surface area contributed by atoms with E-state index in [4.69, 9.17) is 5.73 Å². The minimum Gasteiger partial charge on any atom is -0.435 e. The fraction of sp³-hybridized carbons (Fsp3) is 0.562. The normalized spacial score (nSPS) is 24.6. The van der Waals surface area contributed by atoms with Crippen LogP contribution in [0.1, 0.15) is 23.2 Å². The highest BCUT2D eigenvalue weighted by Gasteiger charge is 2.42. The Kier molecular flexibility index (Phi) is 6.57. The zero-order valence-electron chi connectivity index (χ0n) is 13.6. The molecular weight excluding hydrogens is 380 g/mol. The predicted molar refractivity (Wildman–Crippen MR) is 87.0 cm³/mol. The summed E-state index contributed by atoms with van der Waals surface area (Å²) in [4.78, 5) is 14.2. The molecule has 0 bridgehead atoms. The fourth-order valence-electron chi connectivity index (χ4n) is 3.69. The molecule has 2 fully saturated rings. The molecule has 1 aliphatic heterocycles. The minimum absolute atomic E-state index is 0. The first-order valence-electron chi connectivity index (χ1n) is 7.93. The van der Waals surface area contributed by atoms with E-state index in [1.807, 2.05) is 0 Å². The molecule has 2 aliphatic rings. The SMILES string of the molecule is Cl.NC1CCC2CN(C(=O)c3cc(OC(F)F)cc(OC(F)F)c3)CC12. The van der Waals surface area contributed by atoms with Gasteiger partial charge in [0.1, 0.15) is 11.5 Å². The minimum atomic E-state index is -3.14. The number of nitrogens with zero attached hydrogens (tertiary/aromatic N) is 1. The zero-order chi connectivity index (χ0) is 18.1. The molecule has 0 spiro atoms. The van der Waals surface area contributed by atoms with Gasteiger partial charge >= 0.3 is 13.2 Å². The van der Waals surface area contributed by atoms with Gasteiger partial charge in [0.2, 0.25) is 0 Å². The van der Waals surface area contributed by atoms with Gasteiger partial charge in [-0.25, -0.2) is 0 Å². The van der Waals surface area contributed by atoms with Gasteiger partial charge in [-0.1, -0.05) is 0 Å². The monoisotopic (exact) mass is 398 g/mol. The Labute approximate surface area is 153 Å². The molecule has 1 aliphatic carbocycles. The summed E-state index contributed by atoms with van der Waals surface area (Å²) in [5, 5.41) is 0. The average molecular weight is 399 g/mol. The van der Waals surface area contributed by atoms with Crippen molar-refractivity contribution in [1.82, 2.24) is 4.90 Å². The molecule has 1 saturated heterocycles. The summed E-state index contributed by atoms with van der Waals surface area (Å²) in [5.74, 6) is -0.738. The lowest BCUT2D eigenvalue weighted by Crippen LogP contribution is -2.33. The molecule has 0 radical (unpaired) electrons. The number of carbonyl (C=O) groups excluding carboxylic acids is 1. The number of carbonyl (C=O) groups is 1. The highest BCUT2D eigenvalue weighted by atomic mass is 35.5. The van der Waals surface area contributed by atoms with E-state index < -0.39 is 30.6 Å². The van der Waals surface area contributed by atoms with Gasteiger partial charge < -0.3 is 20.1 Å². The number of benzene rings is 1. The van der Waals surface area contributed by atoms with Crippen LogP contribution in [0.5, 0.6) is 11.5 Å². The van der Waals surface area contributed by atoms with Crippen LogP contribution in [0.4, 0.5) is 17.6 Å². The molecule has 5 nitrogen and oxygen atoms in total. The van der Waals surface area contributed by atoms with Gasteiger partial charge in [0.25, 0.3) is 5.91 Å². The van der Waals surface area contributed by atoms with Gasteiger partial charge in [-0.15, -0.1) is 12.4 Å². The number of alkyl halides is 4. The lowest BCUT2D eigenvalue weighted by Gasteiger charge is -2.20. The number of likely N-dealkylation sites (tertiary alicyclic amines) is 1. The number of nitrogens with two attached hydrogens (primary N) is 1. The van der Waals surface area contributed by atoms with E-state index in [1.54, 1.807) is 4.90 Å². The summed E-state index contributed by atoms with van der Waals surface area (Å²) in [5.41, 5.74) is 5.99.